The molecule has 1 rings (SSSR count). The molecule has 2 atom stereocenters. The Bertz CT molecular complexity index is 688. The Hall–Kier alpha value is -2.18. The Morgan fingerprint density at radius 3 is 2.57 bits per heavy atom. The topological polar surface area (TPSA) is 116 Å². The fraction of sp³-hybridized carbons (Fsp3) is 0.583. The lowest BCUT2D eigenvalue weighted by Crippen LogP contribution is -2.34. The Morgan fingerprint density at radius 2 is 1.93 bits per heavy atom. The minimum atomic E-state index is -1.03. The van der Waals surface area contributed by atoms with E-state index in [0.29, 0.717) is 30.2 Å². The minimum Gasteiger partial charge on any atom is -0.485 e. The Morgan fingerprint density at radius 1 is 1.17 bits per heavy atom. The SMILES string of the molecule is CCCCC(CC)Cc1cccc(/C=C/C(=O)O)c1OCC(=O)C(N)CCCCN. The lowest BCUT2D eigenvalue weighted by molar-refractivity contribution is -0.131. The van der Waals surface area contributed by atoms with Crippen LogP contribution in [-0.4, -0.2) is 36.1 Å². The van der Waals surface area contributed by atoms with Gasteiger partial charge in [-0.15, -0.1) is 0 Å². The van der Waals surface area contributed by atoms with E-state index in [1.807, 2.05) is 12.1 Å². The molecule has 0 saturated carbocycles. The van der Waals surface area contributed by atoms with Gasteiger partial charge in [0.15, 0.2) is 5.78 Å². The number of hydrogen-bond acceptors (Lipinski definition) is 5. The van der Waals surface area contributed by atoms with E-state index >= 15 is 0 Å². The summed E-state index contributed by atoms with van der Waals surface area (Å²) in [4.78, 5) is 23.4. The molecule has 0 aliphatic carbocycles. The summed E-state index contributed by atoms with van der Waals surface area (Å²) >= 11 is 0. The zero-order chi connectivity index (χ0) is 22.4. The summed E-state index contributed by atoms with van der Waals surface area (Å²) in [6.45, 7) is 4.82. The molecule has 1 aromatic rings. The molecule has 0 bridgehead atoms. The first-order valence-electron chi connectivity index (χ1n) is 11.1. The number of benzene rings is 1. The summed E-state index contributed by atoms with van der Waals surface area (Å²) in [5.74, 6) is -0.0977. The fourth-order valence-corrected chi connectivity index (χ4v) is 3.41. The highest BCUT2D eigenvalue weighted by molar-refractivity contribution is 5.87. The van der Waals surface area contributed by atoms with Crippen LogP contribution in [0.4, 0.5) is 0 Å². The van der Waals surface area contributed by atoms with E-state index in [1.165, 1.54) is 12.5 Å². The van der Waals surface area contributed by atoms with E-state index in [1.54, 1.807) is 6.07 Å². The number of para-hydroxylation sites is 1. The van der Waals surface area contributed by atoms with Crippen LogP contribution in [0.5, 0.6) is 5.75 Å². The molecule has 0 saturated heterocycles. The van der Waals surface area contributed by atoms with Crippen molar-refractivity contribution in [2.75, 3.05) is 13.2 Å². The van der Waals surface area contributed by atoms with Gasteiger partial charge in [0, 0.05) is 11.6 Å². The Balaban J connectivity index is 2.99. The molecule has 6 nitrogen and oxygen atoms in total. The number of nitrogens with two attached hydrogens (primary N) is 2. The third-order valence-corrected chi connectivity index (χ3v) is 5.33. The van der Waals surface area contributed by atoms with Crippen LogP contribution in [0.2, 0.25) is 0 Å². The quantitative estimate of drug-likeness (QED) is 0.276. The highest BCUT2D eigenvalue weighted by atomic mass is 16.5. The summed E-state index contributed by atoms with van der Waals surface area (Å²) in [5, 5.41) is 9.00. The van der Waals surface area contributed by atoms with Gasteiger partial charge in [0.2, 0.25) is 0 Å². The van der Waals surface area contributed by atoms with E-state index in [4.69, 9.17) is 21.3 Å². The predicted molar refractivity (Wildman–Crippen MR) is 122 cm³/mol. The molecule has 2 unspecified atom stereocenters. The van der Waals surface area contributed by atoms with Crippen molar-refractivity contribution in [2.24, 2.45) is 17.4 Å². The zero-order valence-corrected chi connectivity index (χ0v) is 18.4. The average Bonchev–Trinajstić information content (AvgIpc) is 2.73. The average molecular weight is 419 g/mol. The maximum Gasteiger partial charge on any atom is 0.328 e. The lowest BCUT2D eigenvalue weighted by atomic mass is 9.90. The maximum absolute atomic E-state index is 12.4. The van der Waals surface area contributed by atoms with E-state index in [-0.39, 0.29) is 12.4 Å². The normalized spacial score (nSPS) is 13.3. The predicted octanol–water partition coefficient (Wildman–Crippen LogP) is 3.95. The fourth-order valence-electron chi connectivity index (χ4n) is 3.41. The maximum atomic E-state index is 12.4. The van der Waals surface area contributed by atoms with Gasteiger partial charge in [-0.2, -0.15) is 0 Å². The van der Waals surface area contributed by atoms with Crippen molar-refractivity contribution in [3.63, 3.8) is 0 Å². The highest BCUT2D eigenvalue weighted by Gasteiger charge is 2.18. The van der Waals surface area contributed by atoms with Gasteiger partial charge >= 0.3 is 5.97 Å². The summed E-state index contributed by atoms with van der Waals surface area (Å²) in [6, 6.07) is 5.12. The first-order valence-corrected chi connectivity index (χ1v) is 11.1. The van der Waals surface area contributed by atoms with Gasteiger partial charge in [-0.3, -0.25) is 4.79 Å². The van der Waals surface area contributed by atoms with Crippen molar-refractivity contribution in [3.05, 3.63) is 35.4 Å². The van der Waals surface area contributed by atoms with Gasteiger partial charge in [-0.25, -0.2) is 4.79 Å². The lowest BCUT2D eigenvalue weighted by Gasteiger charge is -2.19. The van der Waals surface area contributed by atoms with Crippen molar-refractivity contribution in [1.82, 2.24) is 0 Å². The monoisotopic (exact) mass is 418 g/mol. The van der Waals surface area contributed by atoms with Gasteiger partial charge in [0.1, 0.15) is 12.4 Å². The molecule has 30 heavy (non-hydrogen) atoms. The smallest absolute Gasteiger partial charge is 0.328 e. The van der Waals surface area contributed by atoms with Gasteiger partial charge in [-0.1, -0.05) is 64.2 Å². The van der Waals surface area contributed by atoms with Crippen LogP contribution in [0.15, 0.2) is 24.3 Å². The summed E-state index contributed by atoms with van der Waals surface area (Å²) < 4.78 is 5.94. The molecule has 168 valence electrons. The van der Waals surface area contributed by atoms with Crippen molar-refractivity contribution in [2.45, 2.75) is 71.3 Å². The molecule has 0 spiro atoms. The number of rotatable bonds is 16. The van der Waals surface area contributed by atoms with Crippen molar-refractivity contribution in [3.8, 4) is 5.75 Å². The van der Waals surface area contributed by atoms with Crippen LogP contribution in [0, 0.1) is 5.92 Å². The van der Waals surface area contributed by atoms with Crippen LogP contribution in [0.3, 0.4) is 0 Å². The third kappa shape index (κ3) is 9.55. The number of carbonyl (C=O) groups is 2. The van der Waals surface area contributed by atoms with Crippen LogP contribution >= 0.6 is 0 Å². The summed E-state index contributed by atoms with van der Waals surface area (Å²) in [6.07, 6.45) is 10.2. The number of unbranched alkanes of at least 4 members (excludes halogenated alkanes) is 2. The van der Waals surface area contributed by atoms with Crippen molar-refractivity contribution >= 4 is 17.8 Å². The van der Waals surface area contributed by atoms with Crippen molar-refractivity contribution < 1.29 is 19.4 Å². The largest absolute Gasteiger partial charge is 0.485 e. The second kappa shape index (κ2) is 14.7. The van der Waals surface area contributed by atoms with E-state index in [0.717, 1.165) is 50.2 Å². The zero-order valence-electron chi connectivity index (χ0n) is 18.4. The van der Waals surface area contributed by atoms with Crippen LogP contribution in [-0.2, 0) is 16.0 Å². The molecule has 0 amide bonds. The molecular weight excluding hydrogens is 380 g/mol. The minimum absolute atomic E-state index is 0.125. The molecule has 0 aliphatic rings. The molecule has 1 aromatic carbocycles. The standard InChI is InChI=1S/C24H38N2O4/c1-3-5-9-18(4-2)16-20-11-8-10-19(13-14-23(28)29)24(20)30-17-22(27)21(26)12-6-7-15-25/h8,10-11,13-14,18,21H,3-7,9,12,15-17,25-26H2,1-2H3,(H,28,29)/b14-13+. The number of carboxylic acid groups (broad SMARTS) is 1. The molecule has 0 radical (unpaired) electrons. The van der Waals surface area contributed by atoms with Crippen molar-refractivity contribution in [1.29, 1.82) is 0 Å². The molecule has 6 heteroatoms. The summed E-state index contributed by atoms with van der Waals surface area (Å²) in [5.41, 5.74) is 13.1. The molecule has 0 aliphatic heterocycles. The van der Waals surface area contributed by atoms with Crippen LogP contribution in [0.25, 0.3) is 6.08 Å². The van der Waals surface area contributed by atoms with Crippen LogP contribution in [0.1, 0.15) is 69.9 Å². The first kappa shape index (κ1) is 25.9. The molecule has 5 N–H and O–H groups in total. The number of aliphatic carboxylic acids is 1. The van der Waals surface area contributed by atoms with E-state index in [2.05, 4.69) is 13.8 Å². The third-order valence-electron chi connectivity index (χ3n) is 5.33. The van der Waals surface area contributed by atoms with E-state index in [9.17, 15) is 9.59 Å². The second-order valence-electron chi connectivity index (χ2n) is 7.77. The van der Waals surface area contributed by atoms with Gasteiger partial charge in [0.25, 0.3) is 0 Å². The Kier molecular flexibility index (Phi) is 12.7. The number of hydrogen-bond donors (Lipinski definition) is 3. The molecule has 0 fully saturated rings. The first-order chi connectivity index (χ1) is 14.4. The summed E-state index contributed by atoms with van der Waals surface area (Å²) in [7, 11) is 0. The highest BCUT2D eigenvalue weighted by Crippen LogP contribution is 2.30. The number of carbonyl (C=O) groups excluding carboxylic acids is 1. The second-order valence-corrected chi connectivity index (χ2v) is 7.77. The molecular formula is C24H38N2O4. The number of Topliss-reactive ketones (excluding diaryl/α,β-unsaturated/α-hetero) is 1. The van der Waals surface area contributed by atoms with E-state index < -0.39 is 12.0 Å². The molecule has 0 heterocycles. The Labute approximate surface area is 180 Å². The molecule has 0 aromatic heterocycles. The number of ether oxygens (including phenoxy) is 1. The van der Waals surface area contributed by atoms with Crippen LogP contribution < -0.4 is 16.2 Å². The van der Waals surface area contributed by atoms with Gasteiger partial charge < -0.3 is 21.3 Å². The number of ketones is 1. The van der Waals surface area contributed by atoms with Gasteiger partial charge in [0.05, 0.1) is 6.04 Å². The van der Waals surface area contributed by atoms with Gasteiger partial charge in [-0.05, 0) is 43.4 Å². The number of carboxylic acids is 1.